The monoisotopic (exact) mass is 260 g/mol. The summed E-state index contributed by atoms with van der Waals surface area (Å²) in [5, 5.41) is 9.58. The molecule has 0 aromatic rings. The highest BCUT2D eigenvalue weighted by Gasteiger charge is 2.38. The highest BCUT2D eigenvalue weighted by atomic mass is 16.5. The second kappa shape index (κ2) is 7.40. The summed E-state index contributed by atoms with van der Waals surface area (Å²) < 4.78 is 10.8. The van der Waals surface area contributed by atoms with Crippen LogP contribution in [-0.2, 0) is 9.47 Å². The summed E-state index contributed by atoms with van der Waals surface area (Å²) in [4.78, 5) is 2.19. The van der Waals surface area contributed by atoms with Crippen LogP contribution >= 0.6 is 0 Å². The van der Waals surface area contributed by atoms with Crippen molar-refractivity contribution in [1.29, 1.82) is 0 Å². The maximum absolute atomic E-state index is 9.58. The van der Waals surface area contributed by atoms with Crippen molar-refractivity contribution in [3.63, 3.8) is 0 Å². The van der Waals surface area contributed by atoms with E-state index in [0.29, 0.717) is 5.92 Å². The third-order valence-corrected chi connectivity index (χ3v) is 3.74. The fraction of sp³-hybridized carbons (Fsp3) is 1.00. The Hall–Kier alpha value is -0.200. The van der Waals surface area contributed by atoms with E-state index in [1.165, 1.54) is 0 Å². The Bertz CT molecular complexity index is 226. The predicted octanol–water partition coefficient (Wildman–Crippen LogP) is 0.0663. The Morgan fingerprint density at radius 1 is 1.22 bits per heavy atom. The van der Waals surface area contributed by atoms with Crippen LogP contribution in [0.5, 0.6) is 0 Å². The highest BCUT2D eigenvalue weighted by molar-refractivity contribution is 4.93. The first-order valence-corrected chi connectivity index (χ1v) is 6.69. The lowest BCUT2D eigenvalue weighted by Gasteiger charge is -2.31. The van der Waals surface area contributed by atoms with Crippen LogP contribution in [0.25, 0.3) is 0 Å². The molecule has 1 heterocycles. The van der Waals surface area contributed by atoms with E-state index in [4.69, 9.17) is 15.2 Å². The Balaban J connectivity index is 2.61. The lowest BCUT2D eigenvalue weighted by Crippen LogP contribution is -2.50. The zero-order valence-electron chi connectivity index (χ0n) is 12.0. The molecular weight excluding hydrogens is 232 g/mol. The van der Waals surface area contributed by atoms with Gasteiger partial charge < -0.3 is 20.3 Å². The van der Waals surface area contributed by atoms with Gasteiger partial charge in [-0.15, -0.1) is 0 Å². The van der Waals surface area contributed by atoms with Crippen LogP contribution in [-0.4, -0.2) is 68.2 Å². The van der Waals surface area contributed by atoms with Crippen LogP contribution in [0.4, 0.5) is 0 Å². The van der Waals surface area contributed by atoms with Gasteiger partial charge >= 0.3 is 0 Å². The number of rotatable bonds is 7. The molecule has 108 valence electrons. The summed E-state index contributed by atoms with van der Waals surface area (Å²) in [5.41, 5.74) is 6.20. The quantitative estimate of drug-likeness (QED) is 0.678. The maximum atomic E-state index is 9.58. The average molecular weight is 260 g/mol. The number of ether oxygens (including phenoxy) is 2. The van der Waals surface area contributed by atoms with Crippen molar-refractivity contribution < 1.29 is 14.6 Å². The molecule has 0 saturated carbocycles. The van der Waals surface area contributed by atoms with Gasteiger partial charge in [-0.1, -0.05) is 13.8 Å². The van der Waals surface area contributed by atoms with E-state index >= 15 is 0 Å². The second-order valence-corrected chi connectivity index (χ2v) is 5.55. The summed E-state index contributed by atoms with van der Waals surface area (Å²) >= 11 is 0. The molecule has 4 atom stereocenters. The number of aliphatic hydroxyl groups excluding tert-OH is 1. The Morgan fingerprint density at radius 3 is 2.06 bits per heavy atom. The summed E-state index contributed by atoms with van der Waals surface area (Å²) in [6.45, 7) is 5.92. The van der Waals surface area contributed by atoms with E-state index in [1.807, 2.05) is 0 Å². The van der Waals surface area contributed by atoms with Crippen LogP contribution in [0.15, 0.2) is 0 Å². The summed E-state index contributed by atoms with van der Waals surface area (Å²) in [6.07, 6.45) is 1.04. The molecule has 18 heavy (non-hydrogen) atoms. The molecule has 4 unspecified atom stereocenters. The van der Waals surface area contributed by atoms with Gasteiger partial charge in [-0.3, -0.25) is 4.90 Å². The maximum Gasteiger partial charge on any atom is 0.0971 e. The number of hydrogen-bond donors (Lipinski definition) is 2. The second-order valence-electron chi connectivity index (χ2n) is 5.55. The number of likely N-dealkylation sites (tertiary alicyclic amines) is 1. The van der Waals surface area contributed by atoms with Crippen LogP contribution < -0.4 is 5.73 Å². The lowest BCUT2D eigenvalue weighted by atomic mass is 9.98. The topological polar surface area (TPSA) is 68.0 Å². The third kappa shape index (κ3) is 3.90. The van der Waals surface area contributed by atoms with Crippen LogP contribution in [0.1, 0.15) is 20.3 Å². The zero-order valence-corrected chi connectivity index (χ0v) is 12.0. The van der Waals surface area contributed by atoms with Gasteiger partial charge in [0.05, 0.1) is 18.8 Å². The minimum absolute atomic E-state index is 0.00907. The Labute approximate surface area is 110 Å². The van der Waals surface area contributed by atoms with Crippen LogP contribution in [0.3, 0.4) is 0 Å². The van der Waals surface area contributed by atoms with E-state index in [0.717, 1.165) is 19.5 Å². The van der Waals surface area contributed by atoms with E-state index in [-0.39, 0.29) is 30.9 Å². The molecule has 1 fully saturated rings. The van der Waals surface area contributed by atoms with Crippen molar-refractivity contribution in [3.8, 4) is 0 Å². The van der Waals surface area contributed by atoms with E-state index in [1.54, 1.807) is 14.2 Å². The van der Waals surface area contributed by atoms with Crippen LogP contribution in [0, 0.1) is 5.92 Å². The lowest BCUT2D eigenvalue weighted by molar-refractivity contribution is -0.00461. The summed E-state index contributed by atoms with van der Waals surface area (Å²) in [7, 11) is 3.39. The largest absolute Gasteiger partial charge is 0.395 e. The van der Waals surface area contributed by atoms with Gasteiger partial charge in [-0.25, -0.2) is 0 Å². The van der Waals surface area contributed by atoms with Gasteiger partial charge in [0.1, 0.15) is 0 Å². The molecule has 1 aliphatic heterocycles. The van der Waals surface area contributed by atoms with Crippen molar-refractivity contribution in [2.24, 2.45) is 11.7 Å². The standard InChI is InChI=1S/C13H28N2O3/c1-9(2)5-10(14)11(8-16)15-6-12(17-3)13(7-15)18-4/h9-13,16H,5-8,14H2,1-4H3. The molecule has 0 radical (unpaired) electrons. The van der Waals surface area contributed by atoms with E-state index in [9.17, 15) is 5.11 Å². The summed E-state index contributed by atoms with van der Waals surface area (Å²) in [5.74, 6) is 0.535. The fourth-order valence-electron chi connectivity index (χ4n) is 2.72. The molecule has 0 spiro atoms. The van der Waals surface area contributed by atoms with Crippen molar-refractivity contribution in [2.45, 2.75) is 44.6 Å². The van der Waals surface area contributed by atoms with Crippen molar-refractivity contribution >= 4 is 0 Å². The molecule has 5 heteroatoms. The molecular formula is C13H28N2O3. The number of methoxy groups -OCH3 is 2. The number of nitrogens with zero attached hydrogens (tertiary/aromatic N) is 1. The predicted molar refractivity (Wildman–Crippen MR) is 71.5 cm³/mol. The van der Waals surface area contributed by atoms with Gasteiger partial charge in [0.2, 0.25) is 0 Å². The van der Waals surface area contributed by atoms with Crippen molar-refractivity contribution in [3.05, 3.63) is 0 Å². The first-order chi connectivity index (χ1) is 8.53. The van der Waals surface area contributed by atoms with Crippen molar-refractivity contribution in [1.82, 2.24) is 4.90 Å². The molecule has 1 aliphatic rings. The van der Waals surface area contributed by atoms with E-state index < -0.39 is 0 Å². The van der Waals surface area contributed by atoms with Crippen molar-refractivity contribution in [2.75, 3.05) is 33.9 Å². The van der Waals surface area contributed by atoms with Gasteiger partial charge in [0.15, 0.2) is 0 Å². The Kier molecular flexibility index (Phi) is 6.52. The molecule has 1 rings (SSSR count). The third-order valence-electron chi connectivity index (χ3n) is 3.74. The minimum Gasteiger partial charge on any atom is -0.395 e. The van der Waals surface area contributed by atoms with Gasteiger partial charge in [-0.2, -0.15) is 0 Å². The number of nitrogens with two attached hydrogens (primary N) is 1. The van der Waals surface area contributed by atoms with Crippen LogP contribution in [0.2, 0.25) is 0 Å². The zero-order chi connectivity index (χ0) is 13.7. The molecule has 3 N–H and O–H groups in total. The number of aliphatic hydroxyl groups is 1. The molecule has 0 aromatic heterocycles. The SMILES string of the molecule is COC1CN(C(CO)C(N)CC(C)C)CC1OC. The first kappa shape index (κ1) is 15.9. The molecule has 0 amide bonds. The summed E-state index contributed by atoms with van der Waals surface area (Å²) in [6, 6.07) is -0.0201. The van der Waals surface area contributed by atoms with Gasteiger partial charge in [0.25, 0.3) is 0 Å². The number of hydrogen-bond acceptors (Lipinski definition) is 5. The first-order valence-electron chi connectivity index (χ1n) is 6.69. The average Bonchev–Trinajstić information content (AvgIpc) is 2.72. The molecule has 0 bridgehead atoms. The minimum atomic E-state index is -0.0110. The van der Waals surface area contributed by atoms with Gasteiger partial charge in [-0.05, 0) is 12.3 Å². The molecule has 0 aromatic carbocycles. The normalized spacial score (nSPS) is 28.8. The molecule has 1 saturated heterocycles. The smallest absolute Gasteiger partial charge is 0.0971 e. The van der Waals surface area contributed by atoms with E-state index in [2.05, 4.69) is 18.7 Å². The Morgan fingerprint density at radius 2 is 1.72 bits per heavy atom. The highest BCUT2D eigenvalue weighted by Crippen LogP contribution is 2.21. The molecule has 0 aliphatic carbocycles. The van der Waals surface area contributed by atoms with Gasteiger partial charge in [0, 0.05) is 39.4 Å². The fourth-order valence-corrected chi connectivity index (χ4v) is 2.72. The molecule has 5 nitrogen and oxygen atoms in total.